The van der Waals surface area contributed by atoms with Gasteiger partial charge in [-0.3, -0.25) is 14.4 Å². The van der Waals surface area contributed by atoms with Gasteiger partial charge >= 0.3 is 0 Å². The van der Waals surface area contributed by atoms with E-state index < -0.39 is 17.1 Å². The van der Waals surface area contributed by atoms with Gasteiger partial charge in [0.25, 0.3) is 11.8 Å². The van der Waals surface area contributed by atoms with Crippen LogP contribution in [0.5, 0.6) is 23.0 Å². The second kappa shape index (κ2) is 17.2. The van der Waals surface area contributed by atoms with Gasteiger partial charge in [0.1, 0.15) is 5.70 Å². The number of carbonyl (C=O) groups is 3. The predicted molar refractivity (Wildman–Crippen MR) is 201 cm³/mol. The van der Waals surface area contributed by atoms with Gasteiger partial charge in [-0.05, 0) is 85.3 Å². The molecule has 1 aromatic heterocycles. The van der Waals surface area contributed by atoms with Crippen molar-refractivity contribution in [2.75, 3.05) is 39.1 Å². The van der Waals surface area contributed by atoms with Gasteiger partial charge < -0.3 is 34.9 Å². The number of rotatable bonds is 14. The summed E-state index contributed by atoms with van der Waals surface area (Å²) in [5, 5.41) is 10.4. The monoisotopic (exact) mass is 724 g/mol. The van der Waals surface area contributed by atoms with Crippen LogP contribution in [0.4, 0.5) is 10.8 Å². The second-order valence-electron chi connectivity index (χ2n) is 10.8. The van der Waals surface area contributed by atoms with Gasteiger partial charge in [0.2, 0.25) is 5.91 Å². The lowest BCUT2D eigenvalue weighted by atomic mass is 10.1. The molecule has 0 saturated carbocycles. The molecule has 0 saturated heterocycles. The second-order valence-corrected chi connectivity index (χ2v) is 13.1. The maximum absolute atomic E-state index is 13.5. The smallest absolute Gasteiger partial charge is 0.272 e. The third-order valence-corrected chi connectivity index (χ3v) is 9.32. The first-order chi connectivity index (χ1) is 24.7. The van der Waals surface area contributed by atoms with Crippen LogP contribution in [0, 0.1) is 0 Å². The molecule has 51 heavy (non-hydrogen) atoms. The number of nitrogens with zero attached hydrogens (tertiary/aromatic N) is 1. The fraction of sp³-hybridized carbons (Fsp3) is 0.158. The molecule has 5 aromatic rings. The summed E-state index contributed by atoms with van der Waals surface area (Å²) in [6.45, 7) is 1.80. The lowest BCUT2D eigenvalue weighted by molar-refractivity contribution is -0.115. The third-order valence-electron chi connectivity index (χ3n) is 7.46. The Balaban J connectivity index is 1.23. The maximum atomic E-state index is 13.5. The molecule has 5 rings (SSSR count). The Morgan fingerprint density at radius 1 is 0.765 bits per heavy atom. The van der Waals surface area contributed by atoms with Crippen LogP contribution in [0.3, 0.4) is 0 Å². The first-order valence-electron chi connectivity index (χ1n) is 15.6. The molecule has 4 aromatic carbocycles. The standard InChI is InChI=1S/C38H36N4O7S2/c1-23(35(43)42-38-41-30(22-50-38)26-12-18-32(47-3)34(21-26)49-5)51-28-15-13-27(14-16-28)39-37(45)29(40-36(44)25-9-7-6-8-10-25)19-24-11-17-31(46-2)33(20-24)48-4/h6-23H,1-5H3,(H,39,45)(H,40,44)(H,41,42,43)/b29-19-. The van der Waals surface area contributed by atoms with Crippen molar-refractivity contribution in [1.29, 1.82) is 0 Å². The summed E-state index contributed by atoms with van der Waals surface area (Å²) in [6.07, 6.45) is 1.56. The highest BCUT2D eigenvalue weighted by Crippen LogP contribution is 2.34. The summed E-state index contributed by atoms with van der Waals surface area (Å²) >= 11 is 2.69. The van der Waals surface area contributed by atoms with E-state index in [0.717, 1.165) is 10.5 Å². The number of benzene rings is 4. The highest BCUT2D eigenvalue weighted by molar-refractivity contribution is 8.00. The Kier molecular flexibility index (Phi) is 12.3. The number of nitrogens with one attached hydrogen (secondary N) is 3. The molecule has 0 radical (unpaired) electrons. The van der Waals surface area contributed by atoms with E-state index in [2.05, 4.69) is 20.9 Å². The van der Waals surface area contributed by atoms with E-state index in [1.165, 1.54) is 37.3 Å². The first-order valence-corrected chi connectivity index (χ1v) is 17.3. The van der Waals surface area contributed by atoms with Crippen LogP contribution >= 0.6 is 23.1 Å². The van der Waals surface area contributed by atoms with Crippen LogP contribution in [0.25, 0.3) is 17.3 Å². The molecule has 0 aliphatic rings. The van der Waals surface area contributed by atoms with Crippen LogP contribution in [0.2, 0.25) is 0 Å². The fourth-order valence-corrected chi connectivity index (χ4v) is 6.38. The zero-order valence-corrected chi connectivity index (χ0v) is 30.1. The van der Waals surface area contributed by atoms with Crippen LogP contribution in [-0.2, 0) is 9.59 Å². The molecule has 11 nitrogen and oxygen atoms in total. The number of ether oxygens (including phenoxy) is 4. The molecule has 0 fully saturated rings. The molecule has 262 valence electrons. The summed E-state index contributed by atoms with van der Waals surface area (Å²) < 4.78 is 21.4. The molecule has 3 N–H and O–H groups in total. The van der Waals surface area contributed by atoms with Gasteiger partial charge in [0.05, 0.1) is 39.4 Å². The summed E-state index contributed by atoms with van der Waals surface area (Å²) in [7, 11) is 6.20. The Labute approximate surface area is 304 Å². The predicted octanol–water partition coefficient (Wildman–Crippen LogP) is 7.37. The van der Waals surface area contributed by atoms with Crippen LogP contribution < -0.4 is 34.9 Å². The summed E-state index contributed by atoms with van der Waals surface area (Å²) in [4.78, 5) is 45.0. The fourth-order valence-electron chi connectivity index (χ4n) is 4.79. The highest BCUT2D eigenvalue weighted by atomic mass is 32.2. The van der Waals surface area contributed by atoms with Gasteiger partial charge in [0, 0.05) is 27.1 Å². The van der Waals surface area contributed by atoms with E-state index in [0.29, 0.717) is 50.6 Å². The van der Waals surface area contributed by atoms with Gasteiger partial charge in [-0.2, -0.15) is 0 Å². The normalized spacial score (nSPS) is 11.6. The molecule has 0 bridgehead atoms. The lowest BCUT2D eigenvalue weighted by Crippen LogP contribution is -2.30. The molecule has 1 heterocycles. The summed E-state index contributed by atoms with van der Waals surface area (Å²) in [5.74, 6) is 1.04. The van der Waals surface area contributed by atoms with Crippen molar-refractivity contribution in [3.05, 3.63) is 113 Å². The Hall–Kier alpha value is -5.79. The Bertz CT molecular complexity index is 2030. The van der Waals surface area contributed by atoms with E-state index >= 15 is 0 Å². The van der Waals surface area contributed by atoms with Gasteiger partial charge in [-0.15, -0.1) is 23.1 Å². The number of aromatic nitrogens is 1. The van der Waals surface area contributed by atoms with Gasteiger partial charge in [-0.25, -0.2) is 4.98 Å². The molecule has 1 unspecified atom stereocenters. The molecule has 0 spiro atoms. The zero-order chi connectivity index (χ0) is 36.3. The topological polar surface area (TPSA) is 137 Å². The van der Waals surface area contributed by atoms with Crippen molar-refractivity contribution in [1.82, 2.24) is 10.3 Å². The van der Waals surface area contributed by atoms with Crippen molar-refractivity contribution in [3.8, 4) is 34.3 Å². The number of amides is 3. The first kappa shape index (κ1) is 36.5. The van der Waals surface area contributed by atoms with Crippen molar-refractivity contribution in [2.45, 2.75) is 17.1 Å². The highest BCUT2D eigenvalue weighted by Gasteiger charge is 2.19. The van der Waals surface area contributed by atoms with E-state index in [1.54, 1.807) is 93.9 Å². The van der Waals surface area contributed by atoms with E-state index in [4.69, 9.17) is 18.9 Å². The number of carbonyl (C=O) groups excluding carboxylic acids is 3. The van der Waals surface area contributed by atoms with Crippen LogP contribution in [0.1, 0.15) is 22.8 Å². The SMILES string of the molecule is COc1ccc(/C=C(\NC(=O)c2ccccc2)C(=O)Nc2ccc(SC(C)C(=O)Nc3nc(-c4ccc(OC)c(OC)c4)cs3)cc2)cc1OC. The van der Waals surface area contributed by atoms with Crippen LogP contribution in [-0.4, -0.2) is 56.4 Å². The number of hydrogen-bond donors (Lipinski definition) is 3. The minimum absolute atomic E-state index is 0.0243. The molecule has 0 aliphatic heterocycles. The van der Waals surface area contributed by atoms with E-state index in [9.17, 15) is 14.4 Å². The number of thioether (sulfide) groups is 1. The van der Waals surface area contributed by atoms with Crippen molar-refractivity contribution in [3.63, 3.8) is 0 Å². The summed E-state index contributed by atoms with van der Waals surface area (Å²) in [5.41, 5.74) is 3.07. The number of anilines is 2. The molecular weight excluding hydrogens is 689 g/mol. The molecular formula is C38H36N4O7S2. The zero-order valence-electron chi connectivity index (χ0n) is 28.5. The third kappa shape index (κ3) is 9.47. The Morgan fingerprint density at radius 3 is 2.08 bits per heavy atom. The summed E-state index contributed by atoms with van der Waals surface area (Å²) in [6, 6.07) is 26.4. The molecule has 1 atom stereocenters. The van der Waals surface area contributed by atoms with Crippen LogP contribution in [0.15, 0.2) is 107 Å². The van der Waals surface area contributed by atoms with Crippen molar-refractivity contribution >= 4 is 57.7 Å². The average molecular weight is 725 g/mol. The minimum atomic E-state index is -0.530. The van der Waals surface area contributed by atoms with E-state index in [1.807, 2.05) is 29.6 Å². The van der Waals surface area contributed by atoms with Crippen molar-refractivity contribution in [2.24, 2.45) is 0 Å². The molecule has 3 amide bonds. The van der Waals surface area contributed by atoms with Gasteiger partial charge in [-0.1, -0.05) is 24.3 Å². The number of methoxy groups -OCH3 is 4. The largest absolute Gasteiger partial charge is 0.493 e. The Morgan fingerprint density at radius 2 is 1.41 bits per heavy atom. The average Bonchev–Trinajstić information content (AvgIpc) is 3.63. The maximum Gasteiger partial charge on any atom is 0.272 e. The lowest BCUT2D eigenvalue weighted by Gasteiger charge is -2.13. The van der Waals surface area contributed by atoms with E-state index in [-0.39, 0.29) is 11.6 Å². The molecule has 13 heteroatoms. The molecule has 0 aliphatic carbocycles. The number of thiazole rings is 1. The van der Waals surface area contributed by atoms with Crippen molar-refractivity contribution < 1.29 is 33.3 Å². The number of hydrogen-bond acceptors (Lipinski definition) is 10. The minimum Gasteiger partial charge on any atom is -0.493 e. The quantitative estimate of drug-likeness (QED) is 0.0792. The van der Waals surface area contributed by atoms with Gasteiger partial charge in [0.15, 0.2) is 28.1 Å².